The molecule has 3 heterocycles. The van der Waals surface area contributed by atoms with Gasteiger partial charge in [-0.1, -0.05) is 31.2 Å². The molecule has 5 nitrogen and oxygen atoms in total. The summed E-state index contributed by atoms with van der Waals surface area (Å²) < 4.78 is 7.80. The van der Waals surface area contributed by atoms with Crippen molar-refractivity contribution in [1.82, 2.24) is 19.4 Å². The maximum Gasteiger partial charge on any atom is 0.163 e. The second kappa shape index (κ2) is 7.52. The van der Waals surface area contributed by atoms with Gasteiger partial charge in [-0.25, -0.2) is 9.97 Å². The van der Waals surface area contributed by atoms with Gasteiger partial charge in [0, 0.05) is 21.2 Å². The Bertz CT molecular complexity index is 692. The molecule has 0 saturated carbocycles. The summed E-state index contributed by atoms with van der Waals surface area (Å²) in [6.07, 6.45) is 4.37. The van der Waals surface area contributed by atoms with E-state index in [1.54, 1.807) is 0 Å². The van der Waals surface area contributed by atoms with E-state index < -0.39 is 8.07 Å². The van der Waals surface area contributed by atoms with E-state index in [4.69, 9.17) is 16.3 Å². The summed E-state index contributed by atoms with van der Waals surface area (Å²) in [6.45, 7) is 11.5. The van der Waals surface area contributed by atoms with Crippen LogP contribution in [0.4, 0.5) is 0 Å². The van der Waals surface area contributed by atoms with E-state index in [1.165, 1.54) is 12.8 Å². The second-order valence-corrected chi connectivity index (χ2v) is 13.8. The number of hydrogen-bond donors (Lipinski definition) is 0. The van der Waals surface area contributed by atoms with Gasteiger partial charge in [0.15, 0.2) is 5.65 Å². The van der Waals surface area contributed by atoms with Crippen molar-refractivity contribution >= 4 is 30.8 Å². The molecule has 1 fully saturated rings. The lowest BCUT2D eigenvalue weighted by molar-refractivity contribution is 0.0895. The molecule has 2 aromatic rings. The van der Waals surface area contributed by atoms with Crippen LogP contribution in [-0.2, 0) is 18.0 Å². The zero-order valence-electron chi connectivity index (χ0n) is 14.9. The first kappa shape index (κ1) is 17.9. The Labute approximate surface area is 150 Å². The molecule has 0 aromatic carbocycles. The second-order valence-electron chi connectivity index (χ2n) is 7.82. The zero-order valence-corrected chi connectivity index (χ0v) is 16.6. The molecule has 0 spiro atoms. The van der Waals surface area contributed by atoms with E-state index in [1.807, 2.05) is 17.0 Å². The molecular formula is C17H27ClN4OSi. The molecule has 2 aromatic heterocycles. The van der Waals surface area contributed by atoms with Crippen molar-refractivity contribution < 1.29 is 4.74 Å². The molecule has 0 aliphatic carbocycles. The van der Waals surface area contributed by atoms with Gasteiger partial charge in [0.1, 0.15) is 17.4 Å². The van der Waals surface area contributed by atoms with Crippen LogP contribution in [0.15, 0.2) is 12.4 Å². The van der Waals surface area contributed by atoms with Crippen LogP contribution < -0.4 is 0 Å². The third-order valence-electron chi connectivity index (χ3n) is 4.44. The number of ether oxygens (including phenoxy) is 1. The summed E-state index contributed by atoms with van der Waals surface area (Å²) in [6, 6.07) is 3.11. The van der Waals surface area contributed by atoms with Crippen molar-refractivity contribution in [3.05, 3.63) is 23.1 Å². The lowest BCUT2D eigenvalue weighted by atomic mass is 10.2. The van der Waals surface area contributed by atoms with Gasteiger partial charge in [0.2, 0.25) is 0 Å². The minimum Gasteiger partial charge on any atom is -0.361 e. The fraction of sp³-hybridized carbons (Fsp3) is 0.647. The Morgan fingerprint density at radius 2 is 2.00 bits per heavy atom. The minimum absolute atomic E-state index is 0.484. The van der Waals surface area contributed by atoms with Crippen LogP contribution in [0.1, 0.15) is 18.4 Å². The molecule has 0 atom stereocenters. The highest BCUT2D eigenvalue weighted by Crippen LogP contribution is 2.23. The molecule has 24 heavy (non-hydrogen) atoms. The third-order valence-corrected chi connectivity index (χ3v) is 6.34. The molecule has 3 rings (SSSR count). The first-order chi connectivity index (χ1) is 11.4. The molecule has 1 aliphatic rings. The van der Waals surface area contributed by atoms with Gasteiger partial charge in [-0.05, 0) is 43.6 Å². The predicted molar refractivity (Wildman–Crippen MR) is 101 cm³/mol. The van der Waals surface area contributed by atoms with Crippen LogP contribution in [0.2, 0.25) is 30.8 Å². The van der Waals surface area contributed by atoms with Crippen molar-refractivity contribution in [1.29, 1.82) is 0 Å². The Morgan fingerprint density at radius 3 is 2.71 bits per heavy atom. The van der Waals surface area contributed by atoms with E-state index in [2.05, 4.69) is 34.5 Å². The third kappa shape index (κ3) is 4.56. The fourth-order valence-corrected chi connectivity index (χ4v) is 3.97. The summed E-state index contributed by atoms with van der Waals surface area (Å²) in [7, 11) is -1.06. The summed E-state index contributed by atoms with van der Waals surface area (Å²) >= 11 is 6.25. The fourth-order valence-electron chi connectivity index (χ4n) is 3.00. The van der Waals surface area contributed by atoms with Crippen molar-refractivity contribution in [3.8, 4) is 0 Å². The van der Waals surface area contributed by atoms with E-state index in [0.29, 0.717) is 11.9 Å². The predicted octanol–water partition coefficient (Wildman–Crippen LogP) is 3.99. The average molecular weight is 367 g/mol. The first-order valence-corrected chi connectivity index (χ1v) is 12.8. The standard InChI is InChI=1S/C17H27ClN4OSi/c1-24(2,3)9-8-23-13-22-12-19-16-14(10-15(18)20-17(16)22)11-21-6-4-5-7-21/h10,12H,4-9,11,13H2,1-3H3. The number of halogens is 1. The van der Waals surface area contributed by atoms with Crippen LogP contribution in [0.3, 0.4) is 0 Å². The maximum atomic E-state index is 6.25. The molecule has 0 amide bonds. The van der Waals surface area contributed by atoms with Gasteiger partial charge >= 0.3 is 0 Å². The van der Waals surface area contributed by atoms with Crippen LogP contribution in [-0.4, -0.2) is 47.2 Å². The van der Waals surface area contributed by atoms with Crippen LogP contribution in [0, 0.1) is 0 Å². The largest absolute Gasteiger partial charge is 0.361 e. The molecule has 1 saturated heterocycles. The normalized spacial score (nSPS) is 16.3. The Hall–Kier alpha value is -0.953. The number of fused-ring (bicyclic) bond motifs is 1. The molecule has 132 valence electrons. The molecule has 0 radical (unpaired) electrons. The first-order valence-electron chi connectivity index (χ1n) is 8.73. The SMILES string of the molecule is C[Si](C)(C)CCOCn1cnc2c(CN3CCCC3)cc(Cl)nc21. The maximum absolute atomic E-state index is 6.25. The molecule has 1 aliphatic heterocycles. The van der Waals surface area contributed by atoms with Crippen LogP contribution in [0.25, 0.3) is 11.2 Å². The average Bonchev–Trinajstić information content (AvgIpc) is 3.12. The quantitative estimate of drug-likeness (QED) is 0.422. The number of hydrogen-bond acceptors (Lipinski definition) is 4. The summed E-state index contributed by atoms with van der Waals surface area (Å²) in [5, 5.41) is 0.528. The van der Waals surface area contributed by atoms with Crippen LogP contribution in [0.5, 0.6) is 0 Å². The molecule has 0 N–H and O–H groups in total. The Balaban J connectivity index is 1.72. The summed E-state index contributed by atoms with van der Waals surface area (Å²) in [5.74, 6) is 0. The number of nitrogens with zero attached hydrogens (tertiary/aromatic N) is 4. The lowest BCUT2D eigenvalue weighted by Gasteiger charge is -2.16. The molecule has 0 bridgehead atoms. The highest BCUT2D eigenvalue weighted by molar-refractivity contribution is 6.76. The van der Waals surface area contributed by atoms with E-state index in [-0.39, 0.29) is 0 Å². The van der Waals surface area contributed by atoms with Crippen LogP contribution >= 0.6 is 11.6 Å². The van der Waals surface area contributed by atoms with Crippen molar-refractivity contribution in [2.24, 2.45) is 0 Å². The molecule has 0 unspecified atom stereocenters. The van der Waals surface area contributed by atoms with Gasteiger partial charge < -0.3 is 4.74 Å². The molecular weight excluding hydrogens is 340 g/mol. The Morgan fingerprint density at radius 1 is 1.25 bits per heavy atom. The van der Waals surface area contributed by atoms with Crippen molar-refractivity contribution in [2.45, 2.75) is 51.8 Å². The highest BCUT2D eigenvalue weighted by Gasteiger charge is 2.17. The van der Waals surface area contributed by atoms with Gasteiger partial charge in [-0.3, -0.25) is 9.47 Å². The lowest BCUT2D eigenvalue weighted by Crippen LogP contribution is -2.22. The topological polar surface area (TPSA) is 43.2 Å². The summed E-state index contributed by atoms with van der Waals surface area (Å²) in [4.78, 5) is 11.5. The monoisotopic (exact) mass is 366 g/mol. The smallest absolute Gasteiger partial charge is 0.163 e. The van der Waals surface area contributed by atoms with E-state index >= 15 is 0 Å². The van der Waals surface area contributed by atoms with Gasteiger partial charge in [0.25, 0.3) is 0 Å². The van der Waals surface area contributed by atoms with Crippen molar-refractivity contribution in [2.75, 3.05) is 19.7 Å². The highest BCUT2D eigenvalue weighted by atomic mass is 35.5. The van der Waals surface area contributed by atoms with Gasteiger partial charge in [-0.15, -0.1) is 0 Å². The van der Waals surface area contributed by atoms with E-state index in [9.17, 15) is 0 Å². The molecule has 7 heteroatoms. The van der Waals surface area contributed by atoms with Gasteiger partial charge in [0.05, 0.1) is 6.33 Å². The summed E-state index contributed by atoms with van der Waals surface area (Å²) in [5.41, 5.74) is 2.93. The van der Waals surface area contributed by atoms with Crippen molar-refractivity contribution in [3.63, 3.8) is 0 Å². The number of imidazole rings is 1. The minimum atomic E-state index is -1.06. The number of rotatable bonds is 7. The number of aromatic nitrogens is 3. The number of pyridine rings is 1. The Kier molecular flexibility index (Phi) is 5.59. The van der Waals surface area contributed by atoms with E-state index in [0.717, 1.165) is 49.0 Å². The number of likely N-dealkylation sites (tertiary alicyclic amines) is 1. The van der Waals surface area contributed by atoms with Gasteiger partial charge in [-0.2, -0.15) is 0 Å². The zero-order chi connectivity index (χ0) is 17.2.